The number of hydrogen-bond acceptors (Lipinski definition) is 8. The van der Waals surface area contributed by atoms with Crippen molar-refractivity contribution in [1.29, 1.82) is 0 Å². The summed E-state index contributed by atoms with van der Waals surface area (Å²) < 4.78 is 12.0. The molecule has 0 saturated heterocycles. The van der Waals surface area contributed by atoms with Gasteiger partial charge in [-0.3, -0.25) is 9.59 Å². The lowest BCUT2D eigenvalue weighted by atomic mass is 9.71. The lowest BCUT2D eigenvalue weighted by molar-refractivity contribution is -0.124. The molecule has 0 amide bonds. The number of anilines is 2. The van der Waals surface area contributed by atoms with Gasteiger partial charge in [0.2, 0.25) is 0 Å². The molecule has 2 atom stereocenters. The highest BCUT2D eigenvalue weighted by atomic mass is 35.5. The van der Waals surface area contributed by atoms with Gasteiger partial charge in [0.05, 0.1) is 0 Å². The van der Waals surface area contributed by atoms with E-state index in [0.29, 0.717) is 35.5 Å². The molecule has 2 aliphatic carbocycles. The molecule has 8 nitrogen and oxygen atoms in total. The summed E-state index contributed by atoms with van der Waals surface area (Å²) in [5, 5.41) is 0. The van der Waals surface area contributed by atoms with E-state index in [1.807, 2.05) is 52.0 Å². The highest BCUT2D eigenvalue weighted by molar-refractivity contribution is 6.01. The predicted molar refractivity (Wildman–Crippen MR) is 254 cm³/mol. The molecule has 0 saturated carbocycles. The summed E-state index contributed by atoms with van der Waals surface area (Å²) in [5.41, 5.74) is 19.2. The number of carbonyl (C=O) groups excluding carboxylic acids is 2. The molecule has 2 heterocycles. The summed E-state index contributed by atoms with van der Waals surface area (Å²) in [6.45, 7) is 20.5. The third kappa shape index (κ3) is 14.1. The Morgan fingerprint density at radius 2 is 0.933 bits per heavy atom. The molecule has 320 valence electrons. The van der Waals surface area contributed by atoms with Crippen LogP contribution >= 0.6 is 24.8 Å². The van der Waals surface area contributed by atoms with Gasteiger partial charge in [-0.2, -0.15) is 0 Å². The average molecular weight is 854 g/mol. The first-order chi connectivity index (χ1) is 27.4. The number of nitrogens with two attached hydrogens (primary N) is 2. The normalized spacial score (nSPS) is 20.5. The number of nitrogen functional groups attached to an aromatic ring is 2. The smallest absolute Gasteiger partial charge is 0.199 e. The first kappa shape index (κ1) is 50.7. The van der Waals surface area contributed by atoms with Crippen LogP contribution < -0.4 is 20.9 Å². The van der Waals surface area contributed by atoms with Crippen LogP contribution in [0.2, 0.25) is 0 Å². The third-order valence-corrected chi connectivity index (χ3v) is 10.4. The Kier molecular flexibility index (Phi) is 19.3. The molecule has 4 N–H and O–H groups in total. The van der Waals surface area contributed by atoms with Crippen molar-refractivity contribution in [3.8, 4) is 11.5 Å². The molecule has 2 aromatic heterocycles. The van der Waals surface area contributed by atoms with Gasteiger partial charge >= 0.3 is 0 Å². The fraction of sp³-hybridized carbons (Fsp3) is 0.320. The molecular formula is C50H62Cl2N4O4. The zero-order valence-electron chi connectivity index (χ0n) is 36.6. The van der Waals surface area contributed by atoms with Crippen molar-refractivity contribution in [2.45, 2.75) is 94.3 Å². The van der Waals surface area contributed by atoms with Crippen LogP contribution in [0.5, 0.6) is 11.5 Å². The van der Waals surface area contributed by atoms with Crippen LogP contribution in [0.25, 0.3) is 0 Å². The lowest BCUT2D eigenvalue weighted by Crippen LogP contribution is -2.39. The number of nitrogens with zero attached hydrogens (tertiary/aromatic N) is 2. The molecule has 0 fully saturated rings. The van der Waals surface area contributed by atoms with Crippen LogP contribution in [0.15, 0.2) is 166 Å². The molecule has 2 aromatic rings. The van der Waals surface area contributed by atoms with Crippen molar-refractivity contribution in [3.05, 3.63) is 166 Å². The molecule has 0 aliphatic heterocycles. The molecule has 0 spiro atoms. The summed E-state index contributed by atoms with van der Waals surface area (Å²) in [7, 11) is 0. The molecule has 10 heteroatoms. The summed E-state index contributed by atoms with van der Waals surface area (Å²) in [5.74, 6) is 1.36. The van der Waals surface area contributed by atoms with E-state index in [1.165, 1.54) is 0 Å². The standard InChI is InChI=1S/C50H60N4O4.2ClH/c1-33(19-13-21-35(3)25-27-39-37(5)45(55)43(31-49(39,7)8)57-41-23-15-29-53-47(41)51)17-11-12-18-34(2)20-14-22-36(4)26-28-40-38(6)46(56)44(32-50(40,9)10)58-42-24-16-30-54-48(42)52;;/h11-30,43-44H,31-32H2,1-10H3,(H2,51,53)(H2,52,54);2*1H/b12-11+,19-13+,20-14+,27-25+,28-26+,33-17+,34-18+,35-21+,36-22+;;. The first-order valence-electron chi connectivity index (χ1n) is 19.7. The number of carbonyl (C=O) groups is 2. The minimum absolute atomic E-state index is 0. The maximum absolute atomic E-state index is 13.3. The van der Waals surface area contributed by atoms with E-state index in [1.54, 1.807) is 36.7 Å². The van der Waals surface area contributed by atoms with Gasteiger partial charge in [0.1, 0.15) is 0 Å². The van der Waals surface area contributed by atoms with Crippen molar-refractivity contribution in [1.82, 2.24) is 9.97 Å². The lowest BCUT2D eigenvalue weighted by Gasteiger charge is -2.36. The van der Waals surface area contributed by atoms with Crippen LogP contribution in [0, 0.1) is 10.8 Å². The minimum Gasteiger partial charge on any atom is -0.478 e. The topological polar surface area (TPSA) is 130 Å². The maximum atomic E-state index is 13.3. The Hall–Kier alpha value is -5.44. The number of ether oxygens (including phenoxy) is 2. The van der Waals surface area contributed by atoms with Crippen molar-refractivity contribution in [3.63, 3.8) is 0 Å². The van der Waals surface area contributed by atoms with E-state index >= 15 is 0 Å². The molecule has 2 unspecified atom stereocenters. The van der Waals surface area contributed by atoms with Gasteiger partial charge in [0, 0.05) is 25.2 Å². The number of hydrogen-bond donors (Lipinski definition) is 2. The molecule has 2 aliphatic rings. The van der Waals surface area contributed by atoms with Crippen molar-refractivity contribution >= 4 is 48.0 Å². The quantitative estimate of drug-likeness (QED) is 0.180. The van der Waals surface area contributed by atoms with Crippen LogP contribution in [-0.4, -0.2) is 33.7 Å². The van der Waals surface area contributed by atoms with Crippen LogP contribution in [0.4, 0.5) is 11.6 Å². The van der Waals surface area contributed by atoms with E-state index in [2.05, 4.69) is 112 Å². The third-order valence-electron chi connectivity index (χ3n) is 10.4. The van der Waals surface area contributed by atoms with Crippen molar-refractivity contribution in [2.24, 2.45) is 10.8 Å². The Morgan fingerprint density at radius 3 is 1.28 bits per heavy atom. The molecule has 0 radical (unpaired) electrons. The van der Waals surface area contributed by atoms with Gasteiger partial charge in [-0.15, -0.1) is 24.8 Å². The monoisotopic (exact) mass is 852 g/mol. The Morgan fingerprint density at radius 1 is 0.600 bits per heavy atom. The van der Waals surface area contributed by atoms with Gasteiger partial charge in [-0.05, 0) is 98.9 Å². The first-order valence-corrected chi connectivity index (χ1v) is 19.7. The van der Waals surface area contributed by atoms with Crippen LogP contribution in [0.1, 0.15) is 82.1 Å². The second-order valence-electron chi connectivity index (χ2n) is 16.4. The van der Waals surface area contributed by atoms with E-state index in [9.17, 15) is 9.59 Å². The van der Waals surface area contributed by atoms with Crippen LogP contribution in [0.3, 0.4) is 0 Å². The van der Waals surface area contributed by atoms with E-state index in [4.69, 9.17) is 20.9 Å². The molecule has 4 rings (SSSR count). The minimum atomic E-state index is -0.604. The number of allylic oxidation sites excluding steroid dienone is 20. The second-order valence-corrected chi connectivity index (χ2v) is 16.4. The van der Waals surface area contributed by atoms with Gasteiger partial charge in [0.25, 0.3) is 0 Å². The Bertz CT molecular complexity index is 2070. The van der Waals surface area contributed by atoms with Crippen LogP contribution in [-0.2, 0) is 9.59 Å². The zero-order valence-corrected chi connectivity index (χ0v) is 38.2. The fourth-order valence-electron chi connectivity index (χ4n) is 7.07. The second kappa shape index (κ2) is 22.8. The van der Waals surface area contributed by atoms with Gasteiger partial charge < -0.3 is 20.9 Å². The molecular weight excluding hydrogens is 791 g/mol. The Balaban J connectivity index is 0.00000620. The molecule has 60 heavy (non-hydrogen) atoms. The average Bonchev–Trinajstić information content (AvgIpc) is 3.15. The number of aromatic nitrogens is 2. The van der Waals surface area contributed by atoms with E-state index in [0.717, 1.165) is 33.4 Å². The maximum Gasteiger partial charge on any atom is 0.199 e. The highest BCUT2D eigenvalue weighted by Crippen LogP contribution is 2.42. The zero-order chi connectivity index (χ0) is 42.6. The Labute approximate surface area is 369 Å². The number of pyridine rings is 2. The number of rotatable bonds is 14. The number of ketones is 2. The summed E-state index contributed by atoms with van der Waals surface area (Å²) >= 11 is 0. The van der Waals surface area contributed by atoms with Crippen molar-refractivity contribution < 1.29 is 19.1 Å². The van der Waals surface area contributed by atoms with Crippen molar-refractivity contribution in [2.75, 3.05) is 11.5 Å². The molecule has 0 aromatic carbocycles. The van der Waals surface area contributed by atoms with Gasteiger partial charge in [-0.1, -0.05) is 135 Å². The predicted octanol–water partition coefficient (Wildman–Crippen LogP) is 11.9. The van der Waals surface area contributed by atoms with E-state index in [-0.39, 0.29) is 58.8 Å². The molecule has 0 bridgehead atoms. The SMILES string of the molecule is CC1=C(/C=C/C(C)=C/C=C/C(C)=C/C=C/C=C(C)/C=C/C=C(C)/C=C/C2=C(C)C(=O)C(Oc3cccnc3N)CC2(C)C)C(C)(C)CC(Oc2cccnc2N)C1=O.Cl.Cl. The fourth-order valence-corrected chi connectivity index (χ4v) is 7.07. The summed E-state index contributed by atoms with van der Waals surface area (Å²) in [6, 6.07) is 6.98. The van der Waals surface area contributed by atoms with Gasteiger partial charge in [0.15, 0.2) is 46.9 Å². The van der Waals surface area contributed by atoms with Gasteiger partial charge in [-0.25, -0.2) is 9.97 Å². The van der Waals surface area contributed by atoms with E-state index < -0.39 is 12.2 Å². The summed E-state index contributed by atoms with van der Waals surface area (Å²) in [6.07, 6.45) is 31.8. The summed E-state index contributed by atoms with van der Waals surface area (Å²) in [4.78, 5) is 34.7. The highest BCUT2D eigenvalue weighted by Gasteiger charge is 2.40. The number of Topliss-reactive ketones (excluding diaryl/α,β-unsaturated/α-hetero) is 2. The largest absolute Gasteiger partial charge is 0.478 e. The number of halogens is 2.